The van der Waals surface area contributed by atoms with Crippen LogP contribution >= 0.6 is 0 Å². The number of amides is 5. The SMILES string of the molecule is CCCNC(=O)C(=O)C(CCC)NC(=O)[C@@H]1CCCN1C(=O)[C@@H](NC(=O)NC1(CS(C)(=O)=O)CCCCC1)C1CCCCC1. The molecule has 0 aromatic carbocycles. The lowest BCUT2D eigenvalue weighted by atomic mass is 9.82. The van der Waals surface area contributed by atoms with Gasteiger partial charge in [-0.1, -0.05) is 58.8 Å². The number of likely N-dealkylation sites (tertiary alicyclic amines) is 1. The van der Waals surface area contributed by atoms with Gasteiger partial charge in [-0.15, -0.1) is 0 Å². The number of hydrogen-bond acceptors (Lipinski definition) is 7. The second kappa shape index (κ2) is 16.6. The summed E-state index contributed by atoms with van der Waals surface area (Å²) >= 11 is 0. The predicted octanol–water partition coefficient (Wildman–Crippen LogP) is 2.35. The van der Waals surface area contributed by atoms with E-state index in [0.29, 0.717) is 58.0 Å². The lowest BCUT2D eigenvalue weighted by molar-refractivity contribution is -0.143. The summed E-state index contributed by atoms with van der Waals surface area (Å²) in [4.78, 5) is 67.8. The number of Topliss-reactive ketones (excluding diaryl/α,β-unsaturated/α-hetero) is 1. The first-order valence-electron chi connectivity index (χ1n) is 16.6. The molecule has 1 heterocycles. The Morgan fingerprint density at radius 3 is 2.14 bits per heavy atom. The van der Waals surface area contributed by atoms with Crippen molar-refractivity contribution in [3.8, 4) is 0 Å². The summed E-state index contributed by atoms with van der Waals surface area (Å²) in [5.74, 6) is -2.52. The molecule has 3 aliphatic rings. The zero-order valence-electron chi connectivity index (χ0n) is 26.8. The molecule has 250 valence electrons. The van der Waals surface area contributed by atoms with Crippen molar-refractivity contribution < 1.29 is 32.4 Å². The van der Waals surface area contributed by atoms with E-state index in [9.17, 15) is 32.4 Å². The van der Waals surface area contributed by atoms with Gasteiger partial charge in [0.25, 0.3) is 5.91 Å². The fourth-order valence-electron chi connectivity index (χ4n) is 7.09. The topological polar surface area (TPSA) is 171 Å². The second-order valence-corrected chi connectivity index (χ2v) is 15.2. The maximum atomic E-state index is 14.1. The molecule has 5 amide bonds. The number of rotatable bonds is 14. The van der Waals surface area contributed by atoms with Crippen LogP contribution in [0.3, 0.4) is 0 Å². The molecule has 44 heavy (non-hydrogen) atoms. The Kier molecular flexibility index (Phi) is 13.5. The van der Waals surface area contributed by atoms with Crippen LogP contribution in [0.25, 0.3) is 0 Å². The summed E-state index contributed by atoms with van der Waals surface area (Å²) in [6.07, 6.45) is 11.9. The standard InChI is InChI=1S/C31H53N5O7S/c1-4-13-23(26(37)28(39)32-19-5-2)33-27(38)24-16-12-20-36(24)29(40)25(22-14-8-6-9-15-22)34-30(41)35-31(21-44(3,42)43)17-10-7-11-18-31/h22-25H,4-21H2,1-3H3,(H,32,39)(H,33,38)(H2,34,35,41)/t23?,24-,25-/m0/s1. The summed E-state index contributed by atoms with van der Waals surface area (Å²) in [6, 6.07) is -3.23. The molecule has 3 atom stereocenters. The zero-order valence-corrected chi connectivity index (χ0v) is 27.6. The van der Waals surface area contributed by atoms with Crippen molar-refractivity contribution >= 4 is 39.4 Å². The fraction of sp³-hybridized carbons (Fsp3) is 0.839. The largest absolute Gasteiger partial charge is 0.349 e. The van der Waals surface area contributed by atoms with Crippen LogP contribution in [0.2, 0.25) is 0 Å². The average Bonchev–Trinajstić information content (AvgIpc) is 3.48. The second-order valence-electron chi connectivity index (χ2n) is 13.0. The average molecular weight is 640 g/mol. The molecule has 1 unspecified atom stereocenters. The van der Waals surface area contributed by atoms with Gasteiger partial charge < -0.3 is 26.2 Å². The number of carbonyl (C=O) groups excluding carboxylic acids is 5. The number of urea groups is 1. The van der Waals surface area contributed by atoms with Crippen molar-refractivity contribution in [2.75, 3.05) is 25.1 Å². The maximum absolute atomic E-state index is 14.1. The first-order chi connectivity index (χ1) is 20.9. The Morgan fingerprint density at radius 2 is 1.52 bits per heavy atom. The zero-order chi connectivity index (χ0) is 32.3. The molecule has 1 saturated heterocycles. The molecule has 2 saturated carbocycles. The van der Waals surface area contributed by atoms with Gasteiger partial charge in [0.05, 0.1) is 17.3 Å². The van der Waals surface area contributed by atoms with Crippen LogP contribution in [0, 0.1) is 5.92 Å². The highest BCUT2D eigenvalue weighted by molar-refractivity contribution is 7.90. The Bertz CT molecular complexity index is 1130. The first kappa shape index (κ1) is 35.8. The Balaban J connectivity index is 1.76. The molecule has 3 fully saturated rings. The van der Waals surface area contributed by atoms with Crippen molar-refractivity contribution in [2.24, 2.45) is 5.92 Å². The number of hydrogen-bond donors (Lipinski definition) is 4. The van der Waals surface area contributed by atoms with E-state index in [-0.39, 0.29) is 17.6 Å². The molecule has 3 rings (SSSR count). The van der Waals surface area contributed by atoms with Crippen molar-refractivity contribution in [3.05, 3.63) is 0 Å². The summed E-state index contributed by atoms with van der Waals surface area (Å²) < 4.78 is 24.5. The van der Waals surface area contributed by atoms with Crippen LogP contribution in [0.15, 0.2) is 0 Å². The van der Waals surface area contributed by atoms with Gasteiger partial charge in [0.15, 0.2) is 0 Å². The molecule has 0 spiro atoms. The number of nitrogens with one attached hydrogen (secondary N) is 4. The predicted molar refractivity (Wildman–Crippen MR) is 167 cm³/mol. The van der Waals surface area contributed by atoms with Crippen LogP contribution in [0.4, 0.5) is 4.79 Å². The van der Waals surface area contributed by atoms with Gasteiger partial charge >= 0.3 is 6.03 Å². The quantitative estimate of drug-likeness (QED) is 0.211. The van der Waals surface area contributed by atoms with Crippen LogP contribution in [-0.4, -0.2) is 91.6 Å². The van der Waals surface area contributed by atoms with E-state index in [4.69, 9.17) is 0 Å². The lowest BCUT2D eigenvalue weighted by Crippen LogP contribution is -2.62. The molecule has 0 radical (unpaired) electrons. The Labute approximate surface area is 262 Å². The minimum absolute atomic E-state index is 0.111. The third kappa shape index (κ3) is 10.2. The number of ketones is 1. The van der Waals surface area contributed by atoms with Crippen LogP contribution in [-0.2, 0) is 29.0 Å². The molecule has 4 N–H and O–H groups in total. The van der Waals surface area contributed by atoms with Gasteiger partial charge in [-0.05, 0) is 57.3 Å². The number of carbonyl (C=O) groups is 5. The van der Waals surface area contributed by atoms with E-state index in [0.717, 1.165) is 51.4 Å². The summed E-state index contributed by atoms with van der Waals surface area (Å²) in [6.45, 7) is 4.44. The van der Waals surface area contributed by atoms with Crippen molar-refractivity contribution in [1.29, 1.82) is 0 Å². The van der Waals surface area contributed by atoms with E-state index < -0.39 is 57.1 Å². The molecule has 13 heteroatoms. The van der Waals surface area contributed by atoms with E-state index in [2.05, 4.69) is 21.3 Å². The number of sulfone groups is 1. The van der Waals surface area contributed by atoms with E-state index >= 15 is 0 Å². The highest BCUT2D eigenvalue weighted by atomic mass is 32.2. The molecule has 1 aliphatic heterocycles. The van der Waals surface area contributed by atoms with E-state index in [1.165, 1.54) is 11.2 Å². The third-order valence-corrected chi connectivity index (χ3v) is 10.3. The van der Waals surface area contributed by atoms with Gasteiger partial charge in [-0.2, -0.15) is 0 Å². The Morgan fingerprint density at radius 1 is 0.864 bits per heavy atom. The van der Waals surface area contributed by atoms with Crippen LogP contribution in [0.1, 0.15) is 110 Å². The normalized spacial score (nSPS) is 22.0. The minimum atomic E-state index is -3.36. The molecule has 12 nitrogen and oxygen atoms in total. The molecule has 0 bridgehead atoms. The molecule has 2 aliphatic carbocycles. The van der Waals surface area contributed by atoms with Crippen molar-refractivity contribution in [1.82, 2.24) is 26.2 Å². The van der Waals surface area contributed by atoms with E-state index in [1.54, 1.807) is 0 Å². The van der Waals surface area contributed by atoms with Gasteiger partial charge in [-0.25, -0.2) is 13.2 Å². The van der Waals surface area contributed by atoms with Crippen molar-refractivity contribution in [2.45, 2.75) is 134 Å². The maximum Gasteiger partial charge on any atom is 0.315 e. The Hall–Kier alpha value is -2.70. The molecule has 0 aromatic rings. The van der Waals surface area contributed by atoms with Gasteiger partial charge in [0.1, 0.15) is 21.9 Å². The molecular weight excluding hydrogens is 586 g/mol. The van der Waals surface area contributed by atoms with Gasteiger partial charge in [0, 0.05) is 19.3 Å². The minimum Gasteiger partial charge on any atom is -0.349 e. The monoisotopic (exact) mass is 639 g/mol. The van der Waals surface area contributed by atoms with Gasteiger partial charge in [0.2, 0.25) is 17.6 Å². The number of nitrogens with zero attached hydrogens (tertiary/aromatic N) is 1. The van der Waals surface area contributed by atoms with Crippen LogP contribution in [0.5, 0.6) is 0 Å². The molecular formula is C31H53N5O7S. The lowest BCUT2D eigenvalue weighted by Gasteiger charge is -2.39. The summed E-state index contributed by atoms with van der Waals surface area (Å²) in [5, 5.41) is 11.2. The highest BCUT2D eigenvalue weighted by Crippen LogP contribution is 2.31. The third-order valence-electron chi connectivity index (χ3n) is 9.21. The van der Waals surface area contributed by atoms with Crippen LogP contribution < -0.4 is 21.3 Å². The van der Waals surface area contributed by atoms with Gasteiger partial charge in [-0.3, -0.25) is 19.2 Å². The smallest absolute Gasteiger partial charge is 0.315 e. The molecule has 0 aromatic heterocycles. The summed E-state index contributed by atoms with van der Waals surface area (Å²) in [7, 11) is -3.36. The highest BCUT2D eigenvalue weighted by Gasteiger charge is 2.43. The fourth-order valence-corrected chi connectivity index (χ4v) is 8.46. The van der Waals surface area contributed by atoms with E-state index in [1.807, 2.05) is 13.8 Å². The first-order valence-corrected chi connectivity index (χ1v) is 18.6. The summed E-state index contributed by atoms with van der Waals surface area (Å²) in [5.41, 5.74) is -0.879. The van der Waals surface area contributed by atoms with Crippen molar-refractivity contribution in [3.63, 3.8) is 0 Å².